The van der Waals surface area contributed by atoms with E-state index < -0.39 is 11.7 Å². The van der Waals surface area contributed by atoms with Crippen LogP contribution in [-0.4, -0.2) is 17.8 Å². The molecule has 2 aromatic rings. The number of aromatic nitrogens is 1. The normalized spacial score (nSPS) is 16.5. The monoisotopic (exact) mass is 448 g/mol. The summed E-state index contributed by atoms with van der Waals surface area (Å²) in [6.07, 6.45) is -2.29. The second-order valence-corrected chi connectivity index (χ2v) is 10.0. The number of alkyl halides is 3. The van der Waals surface area contributed by atoms with Crippen molar-refractivity contribution < 1.29 is 17.9 Å². The molecule has 0 saturated carbocycles. The highest BCUT2D eigenvalue weighted by Crippen LogP contribution is 2.45. The number of nitrogens with zero attached hydrogens (tertiary/aromatic N) is 2. The van der Waals surface area contributed by atoms with Crippen molar-refractivity contribution in [3.63, 3.8) is 0 Å². The number of thioether (sulfide) groups is 1. The third kappa shape index (κ3) is 5.35. The lowest BCUT2D eigenvalue weighted by molar-refractivity contribution is -0.139. The Hall–Kier alpha value is -2.20. The van der Waals surface area contributed by atoms with Crippen LogP contribution in [-0.2, 0) is 25.4 Å². The molecule has 3 nitrogen and oxygen atoms in total. The molecule has 3 rings (SSSR count). The molecule has 1 aromatic carbocycles. The maximum absolute atomic E-state index is 14.1. The number of benzene rings is 1. The summed E-state index contributed by atoms with van der Waals surface area (Å²) in [6, 6.07) is 9.38. The highest BCUT2D eigenvalue weighted by atomic mass is 32.2. The number of fused-ring (bicyclic) bond motifs is 1. The lowest BCUT2D eigenvalue weighted by atomic mass is 9.70. The lowest BCUT2D eigenvalue weighted by Crippen LogP contribution is -2.30. The molecule has 31 heavy (non-hydrogen) atoms. The molecule has 1 aromatic heterocycles. The molecular formula is C24H27F3N2OS. The van der Waals surface area contributed by atoms with Crippen molar-refractivity contribution in [2.45, 2.75) is 57.7 Å². The zero-order valence-electron chi connectivity index (χ0n) is 18.3. The first kappa shape index (κ1) is 23.5. The van der Waals surface area contributed by atoms with Crippen molar-refractivity contribution in [1.82, 2.24) is 4.98 Å². The third-order valence-electron chi connectivity index (χ3n) is 5.94. The Morgan fingerprint density at radius 3 is 2.42 bits per heavy atom. The van der Waals surface area contributed by atoms with E-state index >= 15 is 0 Å². The fourth-order valence-electron chi connectivity index (χ4n) is 4.05. The van der Waals surface area contributed by atoms with E-state index in [9.17, 15) is 18.4 Å². The van der Waals surface area contributed by atoms with Crippen LogP contribution in [0.4, 0.5) is 13.2 Å². The largest absolute Gasteiger partial charge is 0.497 e. The minimum atomic E-state index is -4.58. The summed E-state index contributed by atoms with van der Waals surface area (Å²) >= 11 is 1.22. The smallest absolute Gasteiger partial charge is 0.418 e. The van der Waals surface area contributed by atoms with Gasteiger partial charge in [-0.2, -0.15) is 18.4 Å². The Bertz CT molecular complexity index is 973. The highest BCUT2D eigenvalue weighted by molar-refractivity contribution is 7.99. The van der Waals surface area contributed by atoms with Gasteiger partial charge in [-0.1, -0.05) is 32.9 Å². The van der Waals surface area contributed by atoms with E-state index in [4.69, 9.17) is 4.74 Å². The summed E-state index contributed by atoms with van der Waals surface area (Å²) in [6.45, 7) is 6.16. The third-order valence-corrected chi connectivity index (χ3v) is 6.92. The number of ether oxygens (including phenoxy) is 1. The average molecular weight is 449 g/mol. The van der Waals surface area contributed by atoms with Crippen molar-refractivity contribution in [3.05, 3.63) is 52.2 Å². The summed E-state index contributed by atoms with van der Waals surface area (Å²) in [5.74, 6) is 1.42. The predicted octanol–water partition coefficient (Wildman–Crippen LogP) is 6.47. The topological polar surface area (TPSA) is 45.9 Å². The first-order valence-electron chi connectivity index (χ1n) is 10.3. The maximum Gasteiger partial charge on any atom is 0.418 e. The Balaban J connectivity index is 1.90. The van der Waals surface area contributed by atoms with Gasteiger partial charge in [-0.15, -0.1) is 11.8 Å². The minimum absolute atomic E-state index is 0.0981. The van der Waals surface area contributed by atoms with Crippen molar-refractivity contribution >= 4 is 11.8 Å². The van der Waals surface area contributed by atoms with Crippen LogP contribution in [0.25, 0.3) is 0 Å². The molecule has 0 radical (unpaired) electrons. The Kier molecular flexibility index (Phi) is 6.90. The van der Waals surface area contributed by atoms with E-state index in [0.717, 1.165) is 17.7 Å². The van der Waals surface area contributed by atoms with Crippen molar-refractivity contribution in [1.29, 1.82) is 5.26 Å². The molecule has 166 valence electrons. The van der Waals surface area contributed by atoms with Crippen LogP contribution in [0.3, 0.4) is 0 Å². The van der Waals surface area contributed by atoms with Gasteiger partial charge < -0.3 is 4.74 Å². The SMILES string of the molecule is COc1ccc(CCSc2nc3c(c(C(F)(F)F)c2C#N)CC(C(C)(C)C)CC3)cc1. The van der Waals surface area contributed by atoms with E-state index in [1.807, 2.05) is 30.3 Å². The zero-order valence-corrected chi connectivity index (χ0v) is 19.1. The predicted molar refractivity (Wildman–Crippen MR) is 116 cm³/mol. The first-order chi connectivity index (χ1) is 14.5. The second-order valence-electron chi connectivity index (χ2n) is 8.95. The fraction of sp³-hybridized carbons (Fsp3) is 0.500. The van der Waals surface area contributed by atoms with E-state index in [2.05, 4.69) is 25.8 Å². The van der Waals surface area contributed by atoms with E-state index in [0.29, 0.717) is 30.7 Å². The number of hydrogen-bond donors (Lipinski definition) is 0. The maximum atomic E-state index is 14.1. The molecule has 0 aliphatic heterocycles. The van der Waals surface area contributed by atoms with Crippen molar-refractivity contribution in [2.75, 3.05) is 12.9 Å². The van der Waals surface area contributed by atoms with Crippen LogP contribution >= 0.6 is 11.8 Å². The van der Waals surface area contributed by atoms with Crippen LogP contribution in [0.5, 0.6) is 5.75 Å². The van der Waals surface area contributed by atoms with Gasteiger partial charge in [-0.25, -0.2) is 4.98 Å². The molecular weight excluding hydrogens is 421 g/mol. The molecule has 1 heterocycles. The number of nitriles is 1. The molecule has 1 unspecified atom stereocenters. The lowest BCUT2D eigenvalue weighted by Gasteiger charge is -2.36. The average Bonchev–Trinajstić information content (AvgIpc) is 2.71. The van der Waals surface area contributed by atoms with E-state index in [1.54, 1.807) is 7.11 Å². The number of rotatable bonds is 5. The van der Waals surface area contributed by atoms with Gasteiger partial charge >= 0.3 is 6.18 Å². The summed E-state index contributed by atoms with van der Waals surface area (Å²) in [7, 11) is 1.60. The van der Waals surface area contributed by atoms with Gasteiger partial charge in [0, 0.05) is 11.4 Å². The van der Waals surface area contributed by atoms with Crippen LogP contribution in [0.2, 0.25) is 0 Å². The number of halogens is 3. The van der Waals surface area contributed by atoms with Gasteiger partial charge in [0.15, 0.2) is 0 Å². The molecule has 0 N–H and O–H groups in total. The number of aryl methyl sites for hydroxylation is 2. The van der Waals surface area contributed by atoms with Crippen LogP contribution in [0.15, 0.2) is 29.3 Å². The summed E-state index contributed by atoms with van der Waals surface area (Å²) < 4.78 is 47.4. The number of hydrogen-bond acceptors (Lipinski definition) is 4. The summed E-state index contributed by atoms with van der Waals surface area (Å²) in [5, 5.41) is 9.84. The standard InChI is InChI=1S/C24H27F3N2OS/c1-23(2,3)16-7-10-20-18(13-16)21(24(25,26)27)19(14-28)22(29-20)31-12-11-15-5-8-17(30-4)9-6-15/h5-6,8-9,16H,7,10-13H2,1-4H3. The van der Waals surface area contributed by atoms with Crippen molar-refractivity contribution in [3.8, 4) is 11.8 Å². The fourth-order valence-corrected chi connectivity index (χ4v) is 5.05. The van der Waals surface area contributed by atoms with Crippen LogP contribution < -0.4 is 4.74 Å². The minimum Gasteiger partial charge on any atom is -0.497 e. The molecule has 0 bridgehead atoms. The molecule has 7 heteroatoms. The molecule has 1 aliphatic carbocycles. The molecule has 1 aliphatic rings. The molecule has 0 saturated heterocycles. The quantitative estimate of drug-likeness (QED) is 0.492. The van der Waals surface area contributed by atoms with Gasteiger partial charge in [0.05, 0.1) is 18.2 Å². The van der Waals surface area contributed by atoms with Crippen LogP contribution in [0.1, 0.15) is 55.1 Å². The molecule has 0 amide bonds. The number of methoxy groups -OCH3 is 1. The van der Waals surface area contributed by atoms with Gasteiger partial charge in [0.25, 0.3) is 0 Å². The highest BCUT2D eigenvalue weighted by Gasteiger charge is 2.42. The summed E-state index contributed by atoms with van der Waals surface area (Å²) in [4.78, 5) is 4.55. The van der Waals surface area contributed by atoms with Gasteiger partial charge in [0.2, 0.25) is 0 Å². The van der Waals surface area contributed by atoms with Crippen LogP contribution in [0, 0.1) is 22.7 Å². The van der Waals surface area contributed by atoms with Gasteiger partial charge in [-0.3, -0.25) is 0 Å². The van der Waals surface area contributed by atoms with E-state index in [1.165, 1.54) is 11.8 Å². The first-order valence-corrected chi connectivity index (χ1v) is 11.3. The Labute approximate surface area is 186 Å². The Morgan fingerprint density at radius 2 is 1.87 bits per heavy atom. The Morgan fingerprint density at radius 1 is 1.19 bits per heavy atom. The zero-order chi connectivity index (χ0) is 22.8. The summed E-state index contributed by atoms with van der Waals surface area (Å²) in [5.41, 5.74) is 0.558. The molecule has 0 fully saturated rings. The number of pyridine rings is 1. The van der Waals surface area contributed by atoms with E-state index in [-0.39, 0.29) is 27.5 Å². The van der Waals surface area contributed by atoms with Gasteiger partial charge in [-0.05, 0) is 60.3 Å². The molecule has 1 atom stereocenters. The second kappa shape index (κ2) is 9.12. The van der Waals surface area contributed by atoms with Gasteiger partial charge in [0.1, 0.15) is 16.8 Å². The van der Waals surface area contributed by atoms with Crippen molar-refractivity contribution in [2.24, 2.45) is 11.3 Å². The molecule has 0 spiro atoms.